The number of hydrogen-bond donors (Lipinski definition) is 9. The van der Waals surface area contributed by atoms with Gasteiger partial charge in [-0.05, 0) is 69.1 Å². The van der Waals surface area contributed by atoms with E-state index in [0.29, 0.717) is 24.2 Å². The molecule has 0 aliphatic carbocycles. The van der Waals surface area contributed by atoms with E-state index in [2.05, 4.69) is 26.3 Å². The standard InChI is InChI=1S/C35H53N7O9S/c1-18(2)15-25(30(45)40-26(35(50)51)16-21-17-37-23-10-7-6-9-22(21)23)39-31(46)27-11-8-13-42(27)34(49)24(12-14-52-5)38-33(48)29(20(4)44)41-32(47)28(36)19(3)43/h6-7,9-10,17-20,24-29,37,43-44H,8,11-16,36H2,1-5H3,(H,38,48)(H,39,46)(H,40,45)(H,41,47)(H,50,51)/t19-,20-,24+,25+,26+,27+,28+,29+/m1/s1. The normalized spacial score (nSPS) is 18.5. The lowest BCUT2D eigenvalue weighted by atomic mass is 10.0. The number of nitrogens with zero attached hydrogens (tertiary/aromatic N) is 1. The van der Waals surface area contributed by atoms with Gasteiger partial charge in [-0.3, -0.25) is 24.0 Å². The maximum absolute atomic E-state index is 13.9. The molecule has 1 fully saturated rings. The van der Waals surface area contributed by atoms with Gasteiger partial charge in [0.2, 0.25) is 29.5 Å². The highest BCUT2D eigenvalue weighted by Crippen LogP contribution is 2.22. The summed E-state index contributed by atoms with van der Waals surface area (Å²) in [7, 11) is 0. The highest BCUT2D eigenvalue weighted by molar-refractivity contribution is 7.98. The van der Waals surface area contributed by atoms with E-state index in [-0.39, 0.29) is 31.7 Å². The first-order valence-corrected chi connectivity index (χ1v) is 18.8. The van der Waals surface area contributed by atoms with Crippen molar-refractivity contribution in [1.29, 1.82) is 0 Å². The fraction of sp³-hybridized carbons (Fsp3) is 0.600. The molecule has 0 spiro atoms. The van der Waals surface area contributed by atoms with Crippen LogP contribution in [0.5, 0.6) is 0 Å². The van der Waals surface area contributed by atoms with Gasteiger partial charge in [-0.15, -0.1) is 0 Å². The van der Waals surface area contributed by atoms with Gasteiger partial charge in [0, 0.05) is 30.1 Å². The third-order valence-electron chi connectivity index (χ3n) is 9.00. The second kappa shape index (κ2) is 19.6. The number of aliphatic hydroxyl groups excluding tert-OH is 2. The Morgan fingerprint density at radius 3 is 2.21 bits per heavy atom. The van der Waals surface area contributed by atoms with Crippen molar-refractivity contribution in [3.8, 4) is 0 Å². The van der Waals surface area contributed by atoms with Crippen LogP contribution in [0.1, 0.15) is 58.9 Å². The van der Waals surface area contributed by atoms with Gasteiger partial charge in [0.25, 0.3) is 0 Å². The molecule has 288 valence electrons. The highest BCUT2D eigenvalue weighted by atomic mass is 32.2. The maximum Gasteiger partial charge on any atom is 0.326 e. The SMILES string of the molecule is CSCC[C@H](NC(=O)[C@@H](NC(=O)[C@@H](N)[C@@H](C)O)[C@@H](C)O)C(=O)N1CCC[C@H]1C(=O)N[C@@H](CC(C)C)C(=O)N[C@@H](Cc1c[nH]c2ccccc12)C(=O)O. The van der Waals surface area contributed by atoms with Crippen LogP contribution in [-0.2, 0) is 35.2 Å². The van der Waals surface area contributed by atoms with Gasteiger partial charge in [0.15, 0.2) is 0 Å². The molecule has 1 aliphatic heterocycles. The number of aromatic nitrogens is 1. The van der Waals surface area contributed by atoms with Crippen LogP contribution in [0.2, 0.25) is 0 Å². The number of aromatic amines is 1. The minimum Gasteiger partial charge on any atom is -0.480 e. The summed E-state index contributed by atoms with van der Waals surface area (Å²) in [5.41, 5.74) is 7.22. The number of benzene rings is 1. The number of amides is 5. The first-order chi connectivity index (χ1) is 24.5. The lowest BCUT2D eigenvalue weighted by Gasteiger charge is -2.31. The molecule has 0 saturated carbocycles. The fourth-order valence-corrected chi connectivity index (χ4v) is 6.57. The van der Waals surface area contributed by atoms with Crippen molar-refractivity contribution in [3.05, 3.63) is 36.0 Å². The number of fused-ring (bicyclic) bond motifs is 1. The average molecular weight is 748 g/mol. The molecule has 5 amide bonds. The summed E-state index contributed by atoms with van der Waals surface area (Å²) in [6, 6.07) is 0.102. The van der Waals surface area contributed by atoms with E-state index in [1.54, 1.807) is 6.20 Å². The van der Waals surface area contributed by atoms with E-state index in [4.69, 9.17) is 5.73 Å². The molecule has 1 aromatic carbocycles. The Bertz CT molecular complexity index is 1570. The number of aliphatic hydroxyl groups is 2. The quantitative estimate of drug-likeness (QED) is 0.0895. The third-order valence-corrected chi connectivity index (χ3v) is 9.65. The molecule has 2 aromatic rings. The average Bonchev–Trinajstić information content (AvgIpc) is 3.75. The number of thioether (sulfide) groups is 1. The number of carbonyl (C=O) groups excluding carboxylic acids is 5. The van der Waals surface area contributed by atoms with Gasteiger partial charge >= 0.3 is 5.97 Å². The van der Waals surface area contributed by atoms with Crippen molar-refractivity contribution in [2.24, 2.45) is 11.7 Å². The van der Waals surface area contributed by atoms with Crippen molar-refractivity contribution in [3.63, 3.8) is 0 Å². The molecule has 16 nitrogen and oxygen atoms in total. The summed E-state index contributed by atoms with van der Waals surface area (Å²) in [5, 5.41) is 41.1. The summed E-state index contributed by atoms with van der Waals surface area (Å²) in [6.07, 6.45) is 2.08. The number of rotatable bonds is 19. The molecule has 1 saturated heterocycles. The molecule has 17 heteroatoms. The summed E-state index contributed by atoms with van der Waals surface area (Å²) in [6.45, 7) is 6.51. The van der Waals surface area contributed by atoms with E-state index >= 15 is 0 Å². The van der Waals surface area contributed by atoms with E-state index in [0.717, 1.165) is 10.9 Å². The second-order valence-corrected chi connectivity index (χ2v) is 14.7. The van der Waals surface area contributed by atoms with E-state index in [1.807, 2.05) is 44.4 Å². The molecule has 2 heterocycles. The molecule has 1 aromatic heterocycles. The first kappa shape index (κ1) is 42.2. The Morgan fingerprint density at radius 1 is 0.923 bits per heavy atom. The second-order valence-electron chi connectivity index (χ2n) is 13.7. The number of para-hydroxylation sites is 1. The van der Waals surface area contributed by atoms with Crippen LogP contribution in [0, 0.1) is 5.92 Å². The number of carboxylic acids is 1. The molecule has 8 atom stereocenters. The zero-order valence-electron chi connectivity index (χ0n) is 30.3. The Morgan fingerprint density at radius 2 is 1.60 bits per heavy atom. The monoisotopic (exact) mass is 747 g/mol. The molecule has 0 bridgehead atoms. The Labute approximate surface area is 307 Å². The Kier molecular flexibility index (Phi) is 15.9. The van der Waals surface area contributed by atoms with Crippen LogP contribution in [-0.4, -0.2) is 128 Å². The summed E-state index contributed by atoms with van der Waals surface area (Å²) in [4.78, 5) is 83.8. The topological polar surface area (TPSA) is 256 Å². The predicted molar refractivity (Wildman–Crippen MR) is 196 cm³/mol. The minimum absolute atomic E-state index is 0.00838. The number of carboxylic acid groups (broad SMARTS) is 1. The van der Waals surface area contributed by atoms with Gasteiger partial charge in [-0.1, -0.05) is 32.0 Å². The molecule has 10 N–H and O–H groups in total. The van der Waals surface area contributed by atoms with Gasteiger partial charge < -0.3 is 52.2 Å². The van der Waals surface area contributed by atoms with E-state index in [1.165, 1.54) is 30.5 Å². The molecule has 3 rings (SSSR count). The predicted octanol–water partition coefficient (Wildman–Crippen LogP) is -0.387. The van der Waals surface area contributed by atoms with Crippen LogP contribution in [0.4, 0.5) is 0 Å². The van der Waals surface area contributed by atoms with Gasteiger partial charge in [-0.2, -0.15) is 11.8 Å². The largest absolute Gasteiger partial charge is 0.480 e. The molecule has 0 radical (unpaired) electrons. The Balaban J connectivity index is 1.75. The fourth-order valence-electron chi connectivity index (χ4n) is 6.10. The number of likely N-dealkylation sites (tertiary alicyclic amines) is 1. The summed E-state index contributed by atoms with van der Waals surface area (Å²) < 4.78 is 0. The zero-order valence-corrected chi connectivity index (χ0v) is 31.1. The molecular formula is C35H53N7O9S. The lowest BCUT2D eigenvalue weighted by Crippen LogP contribution is -2.61. The van der Waals surface area contributed by atoms with Crippen molar-refractivity contribution in [2.75, 3.05) is 18.6 Å². The van der Waals surface area contributed by atoms with Gasteiger partial charge in [0.1, 0.15) is 36.3 Å². The van der Waals surface area contributed by atoms with Crippen LogP contribution >= 0.6 is 11.8 Å². The van der Waals surface area contributed by atoms with Crippen molar-refractivity contribution < 1.29 is 44.1 Å². The van der Waals surface area contributed by atoms with Crippen LogP contribution in [0.15, 0.2) is 30.5 Å². The van der Waals surface area contributed by atoms with E-state index < -0.39 is 84.0 Å². The van der Waals surface area contributed by atoms with Crippen LogP contribution in [0.3, 0.4) is 0 Å². The van der Waals surface area contributed by atoms with Crippen molar-refractivity contribution in [2.45, 2.75) is 108 Å². The third kappa shape index (κ3) is 11.4. The number of carbonyl (C=O) groups is 6. The van der Waals surface area contributed by atoms with Gasteiger partial charge in [-0.25, -0.2) is 4.79 Å². The smallest absolute Gasteiger partial charge is 0.326 e. The minimum atomic E-state index is -1.49. The van der Waals surface area contributed by atoms with E-state index in [9.17, 15) is 44.1 Å². The van der Waals surface area contributed by atoms with Crippen molar-refractivity contribution in [1.82, 2.24) is 31.2 Å². The first-order valence-electron chi connectivity index (χ1n) is 17.5. The van der Waals surface area contributed by atoms with Gasteiger partial charge in [0.05, 0.1) is 12.2 Å². The summed E-state index contributed by atoms with van der Waals surface area (Å²) in [5.74, 6) is -4.36. The zero-order chi connectivity index (χ0) is 38.7. The number of nitrogens with one attached hydrogen (secondary N) is 5. The number of hydrogen-bond acceptors (Lipinski definition) is 10. The number of nitrogens with two attached hydrogens (primary N) is 1. The van der Waals surface area contributed by atoms with Crippen LogP contribution < -0.4 is 27.0 Å². The Hall–Kier alpha value is -4.19. The molecule has 52 heavy (non-hydrogen) atoms. The summed E-state index contributed by atoms with van der Waals surface area (Å²) >= 11 is 1.43. The highest BCUT2D eigenvalue weighted by Gasteiger charge is 2.40. The number of aliphatic carboxylic acids is 1. The van der Waals surface area contributed by atoms with Crippen molar-refractivity contribution >= 4 is 58.2 Å². The number of H-pyrrole nitrogens is 1. The van der Waals surface area contributed by atoms with Crippen LogP contribution in [0.25, 0.3) is 10.9 Å². The molecule has 0 unspecified atom stereocenters. The maximum atomic E-state index is 13.9. The molecular weight excluding hydrogens is 694 g/mol. The lowest BCUT2D eigenvalue weighted by molar-refractivity contribution is -0.144. The molecule has 1 aliphatic rings.